The van der Waals surface area contributed by atoms with Gasteiger partial charge in [-0.1, -0.05) is 19.3 Å². The second-order valence-electron chi connectivity index (χ2n) is 3.01. The van der Waals surface area contributed by atoms with Crippen molar-refractivity contribution in [3.8, 4) is 12.3 Å². The highest BCUT2D eigenvalue weighted by Crippen LogP contribution is 2.07. The van der Waals surface area contributed by atoms with Gasteiger partial charge in [-0.2, -0.15) is 0 Å². The SMILES string of the molecule is C#CC(CCC)Nc1ccc(F)cn1. The minimum Gasteiger partial charge on any atom is -0.356 e. The van der Waals surface area contributed by atoms with Crippen LogP contribution in [0, 0.1) is 18.2 Å². The summed E-state index contributed by atoms with van der Waals surface area (Å²) in [4.78, 5) is 3.87. The van der Waals surface area contributed by atoms with E-state index in [1.807, 2.05) is 0 Å². The third kappa shape index (κ3) is 3.06. The molecule has 0 saturated heterocycles. The molecule has 0 radical (unpaired) electrons. The Balaban J connectivity index is 2.59. The van der Waals surface area contributed by atoms with E-state index in [9.17, 15) is 4.39 Å². The summed E-state index contributed by atoms with van der Waals surface area (Å²) in [6.07, 6.45) is 8.38. The van der Waals surface area contributed by atoms with Crippen molar-refractivity contribution in [1.29, 1.82) is 0 Å². The van der Waals surface area contributed by atoms with Crippen LogP contribution < -0.4 is 5.32 Å². The highest BCUT2D eigenvalue weighted by molar-refractivity contribution is 5.37. The molecule has 0 aliphatic carbocycles. The maximum Gasteiger partial charge on any atom is 0.141 e. The van der Waals surface area contributed by atoms with E-state index in [-0.39, 0.29) is 11.9 Å². The standard InChI is InChI=1S/C11H13FN2/c1-3-5-10(4-2)14-11-7-6-9(12)8-13-11/h2,6-8,10H,3,5H2,1H3,(H,13,14). The molecule has 0 bridgehead atoms. The van der Waals surface area contributed by atoms with Crippen molar-refractivity contribution in [2.75, 3.05) is 5.32 Å². The number of rotatable bonds is 4. The molecule has 1 unspecified atom stereocenters. The Morgan fingerprint density at radius 1 is 1.64 bits per heavy atom. The van der Waals surface area contributed by atoms with Crippen LogP contribution in [-0.2, 0) is 0 Å². The van der Waals surface area contributed by atoms with Crippen molar-refractivity contribution in [1.82, 2.24) is 4.98 Å². The van der Waals surface area contributed by atoms with Crippen molar-refractivity contribution < 1.29 is 4.39 Å². The number of hydrogen-bond acceptors (Lipinski definition) is 2. The molecule has 0 amide bonds. The summed E-state index contributed by atoms with van der Waals surface area (Å²) in [6, 6.07) is 2.91. The van der Waals surface area contributed by atoms with Crippen LogP contribution in [0.5, 0.6) is 0 Å². The van der Waals surface area contributed by atoms with Gasteiger partial charge in [0.2, 0.25) is 0 Å². The molecule has 0 aliphatic heterocycles. The van der Waals surface area contributed by atoms with E-state index in [2.05, 4.69) is 23.1 Å². The lowest BCUT2D eigenvalue weighted by Crippen LogP contribution is -2.17. The van der Waals surface area contributed by atoms with Crippen LogP contribution in [0.15, 0.2) is 18.3 Å². The zero-order valence-corrected chi connectivity index (χ0v) is 8.13. The Kier molecular flexibility index (Phi) is 3.93. The first kappa shape index (κ1) is 10.5. The molecular formula is C11H13FN2. The van der Waals surface area contributed by atoms with Crippen molar-refractivity contribution >= 4 is 5.82 Å². The average Bonchev–Trinajstić information content (AvgIpc) is 2.20. The number of anilines is 1. The summed E-state index contributed by atoms with van der Waals surface area (Å²) in [5, 5.41) is 3.04. The molecule has 1 aromatic rings. The smallest absolute Gasteiger partial charge is 0.141 e. The number of aromatic nitrogens is 1. The molecule has 0 saturated carbocycles. The van der Waals surface area contributed by atoms with E-state index < -0.39 is 0 Å². The number of hydrogen-bond donors (Lipinski definition) is 1. The van der Waals surface area contributed by atoms with Crippen LogP contribution in [-0.4, -0.2) is 11.0 Å². The number of terminal acetylenes is 1. The zero-order chi connectivity index (χ0) is 10.4. The minimum absolute atomic E-state index is 0.0297. The third-order valence-corrected chi connectivity index (χ3v) is 1.83. The van der Waals surface area contributed by atoms with Gasteiger partial charge in [-0.3, -0.25) is 0 Å². The van der Waals surface area contributed by atoms with Gasteiger partial charge in [0.15, 0.2) is 0 Å². The molecule has 0 aliphatic rings. The van der Waals surface area contributed by atoms with E-state index in [1.165, 1.54) is 12.3 Å². The average molecular weight is 192 g/mol. The van der Waals surface area contributed by atoms with Crippen molar-refractivity contribution in [2.24, 2.45) is 0 Å². The lowest BCUT2D eigenvalue weighted by Gasteiger charge is -2.11. The van der Waals surface area contributed by atoms with E-state index >= 15 is 0 Å². The Bertz CT molecular complexity index is 313. The largest absolute Gasteiger partial charge is 0.356 e. The first-order valence-corrected chi connectivity index (χ1v) is 4.60. The Labute approximate surface area is 83.6 Å². The first-order valence-electron chi connectivity index (χ1n) is 4.60. The quantitative estimate of drug-likeness (QED) is 0.741. The summed E-state index contributed by atoms with van der Waals surface area (Å²) < 4.78 is 12.5. The van der Waals surface area contributed by atoms with Crippen molar-refractivity contribution in [3.63, 3.8) is 0 Å². The summed E-state index contributed by atoms with van der Waals surface area (Å²) in [7, 11) is 0. The van der Waals surface area contributed by atoms with Crippen LogP contribution >= 0.6 is 0 Å². The molecule has 1 N–H and O–H groups in total. The predicted molar refractivity (Wildman–Crippen MR) is 55.3 cm³/mol. The number of nitrogens with one attached hydrogen (secondary N) is 1. The zero-order valence-electron chi connectivity index (χ0n) is 8.13. The maximum absolute atomic E-state index is 12.5. The maximum atomic E-state index is 12.5. The Hall–Kier alpha value is -1.56. The number of pyridine rings is 1. The van der Waals surface area contributed by atoms with Crippen molar-refractivity contribution in [3.05, 3.63) is 24.1 Å². The van der Waals surface area contributed by atoms with E-state index in [1.54, 1.807) is 6.07 Å². The van der Waals surface area contributed by atoms with Gasteiger partial charge in [0.1, 0.15) is 11.6 Å². The van der Waals surface area contributed by atoms with Gasteiger partial charge in [0.25, 0.3) is 0 Å². The number of nitrogens with zero attached hydrogens (tertiary/aromatic N) is 1. The van der Waals surface area contributed by atoms with Crippen LogP contribution in [0.25, 0.3) is 0 Å². The molecule has 2 nitrogen and oxygen atoms in total. The monoisotopic (exact) mass is 192 g/mol. The second-order valence-corrected chi connectivity index (χ2v) is 3.01. The molecule has 0 fully saturated rings. The predicted octanol–water partition coefficient (Wildman–Crippen LogP) is 2.43. The van der Waals surface area contributed by atoms with Crippen LogP contribution in [0.1, 0.15) is 19.8 Å². The van der Waals surface area contributed by atoms with Gasteiger partial charge in [0, 0.05) is 0 Å². The van der Waals surface area contributed by atoms with Crippen LogP contribution in [0.2, 0.25) is 0 Å². The molecule has 1 aromatic heterocycles. The fourth-order valence-electron chi connectivity index (χ4n) is 1.13. The number of halogens is 1. The van der Waals surface area contributed by atoms with E-state index in [0.29, 0.717) is 5.82 Å². The van der Waals surface area contributed by atoms with Crippen LogP contribution in [0.4, 0.5) is 10.2 Å². The first-order chi connectivity index (χ1) is 6.76. The molecule has 0 spiro atoms. The molecular weight excluding hydrogens is 179 g/mol. The van der Waals surface area contributed by atoms with Crippen molar-refractivity contribution in [2.45, 2.75) is 25.8 Å². The van der Waals surface area contributed by atoms with Gasteiger partial charge in [0.05, 0.1) is 12.2 Å². The molecule has 74 valence electrons. The van der Waals surface area contributed by atoms with Gasteiger partial charge in [-0.05, 0) is 18.6 Å². The fourth-order valence-corrected chi connectivity index (χ4v) is 1.13. The van der Waals surface area contributed by atoms with E-state index in [0.717, 1.165) is 12.8 Å². The summed E-state index contributed by atoms with van der Waals surface area (Å²) in [6.45, 7) is 2.06. The van der Waals surface area contributed by atoms with Gasteiger partial charge in [-0.25, -0.2) is 9.37 Å². The molecule has 14 heavy (non-hydrogen) atoms. The van der Waals surface area contributed by atoms with Gasteiger partial charge < -0.3 is 5.32 Å². The normalized spacial score (nSPS) is 11.8. The minimum atomic E-state index is -0.344. The molecule has 3 heteroatoms. The molecule has 1 atom stereocenters. The third-order valence-electron chi connectivity index (χ3n) is 1.83. The Morgan fingerprint density at radius 2 is 2.43 bits per heavy atom. The molecule has 1 rings (SSSR count). The van der Waals surface area contributed by atoms with Crippen LogP contribution in [0.3, 0.4) is 0 Å². The lowest BCUT2D eigenvalue weighted by molar-refractivity contribution is 0.621. The summed E-state index contributed by atoms with van der Waals surface area (Å²) >= 11 is 0. The molecule has 1 heterocycles. The fraction of sp³-hybridized carbons (Fsp3) is 0.364. The summed E-state index contributed by atoms with van der Waals surface area (Å²) in [5.74, 6) is 2.89. The topological polar surface area (TPSA) is 24.9 Å². The summed E-state index contributed by atoms with van der Waals surface area (Å²) in [5.41, 5.74) is 0. The second kappa shape index (κ2) is 5.23. The highest BCUT2D eigenvalue weighted by Gasteiger charge is 2.03. The molecule has 0 aromatic carbocycles. The van der Waals surface area contributed by atoms with E-state index in [4.69, 9.17) is 6.42 Å². The highest BCUT2D eigenvalue weighted by atomic mass is 19.1. The Morgan fingerprint density at radius 3 is 2.93 bits per heavy atom. The van der Waals surface area contributed by atoms with Gasteiger partial charge in [-0.15, -0.1) is 6.42 Å². The van der Waals surface area contributed by atoms with Gasteiger partial charge >= 0.3 is 0 Å². The lowest BCUT2D eigenvalue weighted by atomic mass is 10.2.